The van der Waals surface area contributed by atoms with E-state index in [0.717, 1.165) is 16.6 Å². The SMILES string of the molecule is COC(=O)Cc1c(C)n(C)c2cc(F)c(O)c(CN(C)C)c12. The second kappa shape index (κ2) is 5.96. The summed E-state index contributed by atoms with van der Waals surface area (Å²) in [6, 6.07) is 1.30. The number of nitrogens with zero attached hydrogens (tertiary/aromatic N) is 2. The fourth-order valence-electron chi connectivity index (χ4n) is 2.75. The topological polar surface area (TPSA) is 54.7 Å². The van der Waals surface area contributed by atoms with Gasteiger partial charge in [0.15, 0.2) is 11.6 Å². The van der Waals surface area contributed by atoms with Gasteiger partial charge in [0.1, 0.15) is 0 Å². The molecule has 0 spiro atoms. The van der Waals surface area contributed by atoms with Crippen LogP contribution in [0.1, 0.15) is 16.8 Å². The third-order valence-electron chi connectivity index (χ3n) is 3.96. The molecular formula is C16H21FN2O3. The normalized spacial score (nSPS) is 11.4. The molecule has 0 atom stereocenters. The lowest BCUT2D eigenvalue weighted by atomic mass is 10.0. The molecule has 6 heteroatoms. The zero-order valence-electron chi connectivity index (χ0n) is 13.5. The molecule has 0 amide bonds. The van der Waals surface area contributed by atoms with Crippen LogP contribution in [0, 0.1) is 12.7 Å². The molecule has 0 fully saturated rings. The van der Waals surface area contributed by atoms with Gasteiger partial charge in [-0.3, -0.25) is 4.79 Å². The van der Waals surface area contributed by atoms with Crippen LogP contribution in [0.15, 0.2) is 6.07 Å². The summed E-state index contributed by atoms with van der Waals surface area (Å²) in [6.07, 6.45) is 0.0885. The number of carbonyl (C=O) groups excluding carboxylic acids is 1. The number of phenols is 1. The molecular weight excluding hydrogens is 287 g/mol. The highest BCUT2D eigenvalue weighted by Crippen LogP contribution is 2.36. The van der Waals surface area contributed by atoms with Crippen molar-refractivity contribution in [1.82, 2.24) is 9.47 Å². The van der Waals surface area contributed by atoms with Crippen LogP contribution < -0.4 is 0 Å². The molecule has 0 saturated heterocycles. The van der Waals surface area contributed by atoms with Crippen molar-refractivity contribution in [1.29, 1.82) is 0 Å². The van der Waals surface area contributed by atoms with Gasteiger partial charge in [-0.15, -0.1) is 0 Å². The zero-order valence-corrected chi connectivity index (χ0v) is 13.5. The van der Waals surface area contributed by atoms with Gasteiger partial charge in [0.05, 0.1) is 19.0 Å². The molecule has 2 rings (SSSR count). The van der Waals surface area contributed by atoms with Crippen molar-refractivity contribution in [3.05, 3.63) is 28.7 Å². The summed E-state index contributed by atoms with van der Waals surface area (Å²) in [7, 11) is 6.83. The molecule has 2 aromatic rings. The molecule has 0 saturated carbocycles. The Morgan fingerprint density at radius 3 is 2.59 bits per heavy atom. The number of methoxy groups -OCH3 is 1. The first-order valence-electron chi connectivity index (χ1n) is 6.97. The number of hydrogen-bond acceptors (Lipinski definition) is 4. The van der Waals surface area contributed by atoms with E-state index in [1.54, 1.807) is 0 Å². The first kappa shape index (κ1) is 16.3. The number of phenolic OH excluding ortho intramolecular Hbond substituents is 1. The van der Waals surface area contributed by atoms with Gasteiger partial charge >= 0.3 is 5.97 Å². The van der Waals surface area contributed by atoms with Crippen LogP contribution in [0.4, 0.5) is 4.39 Å². The number of esters is 1. The molecule has 1 aromatic heterocycles. The number of rotatable bonds is 4. The predicted octanol–water partition coefficient (Wildman–Crippen LogP) is 2.11. The Hall–Kier alpha value is -2.08. The van der Waals surface area contributed by atoms with Gasteiger partial charge in [0, 0.05) is 36.3 Å². The van der Waals surface area contributed by atoms with Gasteiger partial charge in [-0.1, -0.05) is 0 Å². The highest BCUT2D eigenvalue weighted by atomic mass is 19.1. The molecule has 0 aliphatic heterocycles. The number of ether oxygens (including phenoxy) is 1. The fourth-order valence-corrected chi connectivity index (χ4v) is 2.75. The monoisotopic (exact) mass is 308 g/mol. The van der Waals surface area contributed by atoms with Gasteiger partial charge in [0.25, 0.3) is 0 Å². The molecule has 0 bridgehead atoms. The number of hydrogen-bond donors (Lipinski definition) is 1. The van der Waals surface area contributed by atoms with Gasteiger partial charge in [0.2, 0.25) is 0 Å². The highest BCUT2D eigenvalue weighted by Gasteiger charge is 2.23. The Bertz CT molecular complexity index is 735. The molecule has 22 heavy (non-hydrogen) atoms. The van der Waals surface area contributed by atoms with Crippen LogP contribution >= 0.6 is 0 Å². The van der Waals surface area contributed by atoms with Crippen LogP contribution in [-0.4, -0.2) is 41.7 Å². The second-order valence-corrected chi connectivity index (χ2v) is 5.69. The maximum absolute atomic E-state index is 14.0. The average Bonchev–Trinajstić information content (AvgIpc) is 2.68. The number of halogens is 1. The predicted molar refractivity (Wildman–Crippen MR) is 82.4 cm³/mol. The summed E-state index contributed by atoms with van der Waals surface area (Å²) < 4.78 is 20.6. The molecule has 0 radical (unpaired) electrons. The molecule has 1 heterocycles. The summed E-state index contributed by atoms with van der Waals surface area (Å²) in [6.45, 7) is 2.24. The minimum atomic E-state index is -0.658. The van der Waals surface area contributed by atoms with Crippen LogP contribution in [0.2, 0.25) is 0 Å². The minimum absolute atomic E-state index is 0.0885. The lowest BCUT2D eigenvalue weighted by Gasteiger charge is -2.14. The van der Waals surface area contributed by atoms with E-state index in [1.807, 2.05) is 37.5 Å². The Kier molecular flexibility index (Phi) is 4.42. The largest absolute Gasteiger partial charge is 0.505 e. The van der Waals surface area contributed by atoms with E-state index in [4.69, 9.17) is 4.74 Å². The van der Waals surface area contributed by atoms with Crippen molar-refractivity contribution in [2.24, 2.45) is 7.05 Å². The maximum atomic E-state index is 14.0. The molecule has 0 unspecified atom stereocenters. The van der Waals surface area contributed by atoms with E-state index >= 15 is 0 Å². The molecule has 1 aromatic carbocycles. The van der Waals surface area contributed by atoms with E-state index in [1.165, 1.54) is 13.2 Å². The Morgan fingerprint density at radius 1 is 1.41 bits per heavy atom. The standard InChI is InChI=1S/C16H21FN2O3/c1-9-10(6-14(20)22-5)15-11(8-18(2)3)16(21)12(17)7-13(15)19(9)4/h7,21H,6,8H2,1-5H3. The van der Waals surface area contributed by atoms with E-state index in [0.29, 0.717) is 17.6 Å². The number of aromatic hydroxyl groups is 1. The van der Waals surface area contributed by atoms with E-state index < -0.39 is 5.82 Å². The van der Waals surface area contributed by atoms with Crippen LogP contribution in [0.3, 0.4) is 0 Å². The Morgan fingerprint density at radius 2 is 2.05 bits per heavy atom. The number of aryl methyl sites for hydroxylation is 1. The second-order valence-electron chi connectivity index (χ2n) is 5.69. The molecule has 0 aliphatic rings. The van der Waals surface area contributed by atoms with Crippen molar-refractivity contribution in [2.45, 2.75) is 19.9 Å². The molecule has 1 N–H and O–H groups in total. The number of carbonyl (C=O) groups is 1. The molecule has 120 valence electrons. The van der Waals surface area contributed by atoms with Gasteiger partial charge < -0.3 is 19.3 Å². The van der Waals surface area contributed by atoms with Crippen LogP contribution in [-0.2, 0) is 29.5 Å². The molecule has 0 aliphatic carbocycles. The Balaban J connectivity index is 2.81. The minimum Gasteiger partial charge on any atom is -0.505 e. The fraction of sp³-hybridized carbons (Fsp3) is 0.438. The van der Waals surface area contributed by atoms with Crippen molar-refractivity contribution in [2.75, 3.05) is 21.2 Å². The Labute approximate surface area is 128 Å². The summed E-state index contributed by atoms with van der Waals surface area (Å²) in [5.74, 6) is -1.39. The number of aromatic nitrogens is 1. The van der Waals surface area contributed by atoms with Crippen LogP contribution in [0.5, 0.6) is 5.75 Å². The van der Waals surface area contributed by atoms with Gasteiger partial charge in [-0.25, -0.2) is 4.39 Å². The van der Waals surface area contributed by atoms with Gasteiger partial charge in [-0.05, 0) is 26.6 Å². The van der Waals surface area contributed by atoms with Crippen molar-refractivity contribution < 1.29 is 19.0 Å². The van der Waals surface area contributed by atoms with Gasteiger partial charge in [-0.2, -0.15) is 0 Å². The smallest absolute Gasteiger partial charge is 0.310 e. The third-order valence-corrected chi connectivity index (χ3v) is 3.96. The summed E-state index contributed by atoms with van der Waals surface area (Å²) >= 11 is 0. The quantitative estimate of drug-likeness (QED) is 0.879. The maximum Gasteiger partial charge on any atom is 0.310 e. The first-order valence-corrected chi connectivity index (χ1v) is 6.97. The van der Waals surface area contributed by atoms with Crippen molar-refractivity contribution in [3.63, 3.8) is 0 Å². The summed E-state index contributed by atoms with van der Waals surface area (Å²) in [5, 5.41) is 10.9. The summed E-state index contributed by atoms with van der Waals surface area (Å²) in [4.78, 5) is 13.5. The average molecular weight is 308 g/mol. The van der Waals surface area contributed by atoms with E-state index in [9.17, 15) is 14.3 Å². The first-order chi connectivity index (χ1) is 10.3. The molecule has 5 nitrogen and oxygen atoms in total. The van der Waals surface area contributed by atoms with Crippen molar-refractivity contribution >= 4 is 16.9 Å². The lowest BCUT2D eigenvalue weighted by molar-refractivity contribution is -0.139. The van der Waals surface area contributed by atoms with E-state index in [2.05, 4.69) is 0 Å². The zero-order chi connectivity index (χ0) is 16.6. The number of benzene rings is 1. The number of fused-ring (bicyclic) bond motifs is 1. The lowest BCUT2D eigenvalue weighted by Crippen LogP contribution is -2.12. The highest BCUT2D eigenvalue weighted by molar-refractivity contribution is 5.93. The van der Waals surface area contributed by atoms with Crippen LogP contribution in [0.25, 0.3) is 10.9 Å². The van der Waals surface area contributed by atoms with Crippen molar-refractivity contribution in [3.8, 4) is 5.75 Å². The van der Waals surface area contributed by atoms with E-state index in [-0.39, 0.29) is 18.1 Å². The third kappa shape index (κ3) is 2.66. The summed E-state index contributed by atoms with van der Waals surface area (Å²) in [5.41, 5.74) is 2.76.